The third kappa shape index (κ3) is 5.45. The third-order valence-corrected chi connectivity index (χ3v) is 5.46. The van der Waals surface area contributed by atoms with E-state index >= 15 is 0 Å². The van der Waals surface area contributed by atoms with Crippen molar-refractivity contribution in [2.45, 2.75) is 23.5 Å². The molecule has 0 bridgehead atoms. The average Bonchev–Trinajstić information content (AvgIpc) is 2.55. The van der Waals surface area contributed by atoms with Gasteiger partial charge in [0, 0.05) is 0 Å². The maximum absolute atomic E-state index is 5.17. The summed E-state index contributed by atoms with van der Waals surface area (Å²) in [5.74, 6) is 1.87. The second-order valence-corrected chi connectivity index (χ2v) is 7.38. The zero-order chi connectivity index (χ0) is 14.9. The Hall–Kier alpha value is -1.44. The number of aryl methyl sites for hydroxylation is 2. The Labute approximate surface area is 133 Å². The summed E-state index contributed by atoms with van der Waals surface area (Å²) in [6, 6.07) is 16.8. The van der Waals surface area contributed by atoms with Crippen LogP contribution < -0.4 is 9.47 Å². The first-order valence-electron chi connectivity index (χ1n) is 7.15. The van der Waals surface area contributed by atoms with Crippen LogP contribution in [-0.4, -0.2) is 29.2 Å². The molecule has 2 rings (SSSR count). The van der Waals surface area contributed by atoms with E-state index in [0.717, 1.165) is 11.5 Å². The van der Waals surface area contributed by atoms with Gasteiger partial charge in [0.2, 0.25) is 0 Å². The van der Waals surface area contributed by atoms with Gasteiger partial charge in [-0.05, 0) is 0 Å². The summed E-state index contributed by atoms with van der Waals surface area (Å²) in [7, 11) is 3.41. The van der Waals surface area contributed by atoms with Crippen molar-refractivity contribution in [1.29, 1.82) is 0 Å². The molecule has 21 heavy (non-hydrogen) atoms. The molecule has 3 heteroatoms. The summed E-state index contributed by atoms with van der Waals surface area (Å²) in [6.07, 6.45) is 2.35. The molecule has 0 aliphatic heterocycles. The van der Waals surface area contributed by atoms with E-state index in [1.54, 1.807) is 14.2 Å². The van der Waals surface area contributed by atoms with Gasteiger partial charge >= 0.3 is 133 Å². The summed E-state index contributed by atoms with van der Waals surface area (Å²) < 4.78 is 10.3. The van der Waals surface area contributed by atoms with Crippen LogP contribution in [-0.2, 0) is 12.8 Å². The Bertz CT molecular complexity index is 470. The van der Waals surface area contributed by atoms with Gasteiger partial charge in [0.05, 0.1) is 0 Å². The Morgan fingerprint density at radius 2 is 1.05 bits per heavy atom. The number of methoxy groups -OCH3 is 2. The van der Waals surface area contributed by atoms with Gasteiger partial charge in [-0.1, -0.05) is 0 Å². The molecule has 0 fully saturated rings. The number of hydrogen-bond acceptors (Lipinski definition) is 2. The van der Waals surface area contributed by atoms with E-state index in [9.17, 15) is 0 Å². The van der Waals surface area contributed by atoms with E-state index in [1.807, 2.05) is 24.3 Å². The fraction of sp³-hybridized carbons (Fsp3) is 0.333. The second-order valence-electron chi connectivity index (χ2n) is 4.81. The molecule has 0 N–H and O–H groups in total. The Kier molecular flexibility index (Phi) is 6.65. The first-order valence-corrected chi connectivity index (χ1v) is 9.57. The van der Waals surface area contributed by atoms with Crippen molar-refractivity contribution in [1.82, 2.24) is 0 Å². The van der Waals surface area contributed by atoms with Crippen LogP contribution in [0.1, 0.15) is 11.1 Å². The third-order valence-electron chi connectivity index (χ3n) is 3.39. The Morgan fingerprint density at radius 3 is 1.38 bits per heavy atom. The molecule has 0 saturated heterocycles. The van der Waals surface area contributed by atoms with E-state index in [4.69, 9.17) is 9.47 Å². The van der Waals surface area contributed by atoms with Crippen LogP contribution in [0, 0.1) is 0 Å². The molecule has 0 unspecified atom stereocenters. The Balaban J connectivity index is 1.64. The van der Waals surface area contributed by atoms with E-state index in [2.05, 4.69) is 24.3 Å². The molecular weight excluding hydrogens is 327 g/mol. The summed E-state index contributed by atoms with van der Waals surface area (Å²) in [6.45, 7) is 0. The topological polar surface area (TPSA) is 18.5 Å². The molecule has 0 saturated carbocycles. The first-order chi connectivity index (χ1) is 10.3. The standard InChI is InChI=1S/C18H22O2Se/c1-19-17-7-3-15(4-8-17)11-13-21-14-12-16-5-9-18(20-2)10-6-16/h3-10H,11-14H2,1-2H3. The van der Waals surface area contributed by atoms with Gasteiger partial charge < -0.3 is 0 Å². The van der Waals surface area contributed by atoms with Crippen molar-refractivity contribution in [3.8, 4) is 11.5 Å². The van der Waals surface area contributed by atoms with E-state index in [1.165, 1.54) is 34.6 Å². The molecule has 0 amide bonds. The molecule has 0 aliphatic rings. The number of benzene rings is 2. The van der Waals surface area contributed by atoms with Crippen molar-refractivity contribution in [3.63, 3.8) is 0 Å². The van der Waals surface area contributed by atoms with Gasteiger partial charge in [0.1, 0.15) is 0 Å². The predicted octanol–water partition coefficient (Wildman–Crippen LogP) is 4.03. The van der Waals surface area contributed by atoms with Crippen molar-refractivity contribution in [2.24, 2.45) is 0 Å². The number of rotatable bonds is 8. The van der Waals surface area contributed by atoms with Gasteiger partial charge in [-0.2, -0.15) is 0 Å². The van der Waals surface area contributed by atoms with Gasteiger partial charge in [-0.25, -0.2) is 0 Å². The Morgan fingerprint density at radius 1 is 0.667 bits per heavy atom. The second kappa shape index (κ2) is 8.76. The van der Waals surface area contributed by atoms with Gasteiger partial charge in [0.15, 0.2) is 0 Å². The van der Waals surface area contributed by atoms with Crippen LogP contribution in [0.15, 0.2) is 48.5 Å². The molecule has 2 nitrogen and oxygen atoms in total. The minimum absolute atomic E-state index is 0.708. The summed E-state index contributed by atoms with van der Waals surface area (Å²) in [5, 5.41) is 2.60. The molecule has 2 aromatic rings. The van der Waals surface area contributed by atoms with Crippen LogP contribution in [0.3, 0.4) is 0 Å². The molecule has 2 aromatic carbocycles. The first kappa shape index (κ1) is 15.9. The van der Waals surface area contributed by atoms with Crippen LogP contribution in [0.25, 0.3) is 0 Å². The fourth-order valence-corrected chi connectivity index (χ4v) is 4.09. The molecule has 0 radical (unpaired) electrons. The zero-order valence-electron chi connectivity index (χ0n) is 12.7. The summed E-state index contributed by atoms with van der Waals surface area (Å²) in [5.41, 5.74) is 2.81. The monoisotopic (exact) mass is 350 g/mol. The van der Waals surface area contributed by atoms with Gasteiger partial charge in [-0.15, -0.1) is 0 Å². The van der Waals surface area contributed by atoms with E-state index < -0.39 is 0 Å². The van der Waals surface area contributed by atoms with E-state index in [0.29, 0.717) is 15.0 Å². The quantitative estimate of drug-likeness (QED) is 0.529. The fourth-order valence-electron chi connectivity index (χ4n) is 2.07. The SMILES string of the molecule is COc1ccc(CC[Se]CCc2ccc(OC)cc2)cc1. The molecular formula is C18H22O2Se. The van der Waals surface area contributed by atoms with E-state index in [-0.39, 0.29) is 0 Å². The molecule has 0 heterocycles. The van der Waals surface area contributed by atoms with Crippen molar-refractivity contribution in [2.75, 3.05) is 14.2 Å². The average molecular weight is 349 g/mol. The minimum atomic E-state index is 0.708. The zero-order valence-corrected chi connectivity index (χ0v) is 14.4. The number of hydrogen-bond donors (Lipinski definition) is 0. The number of ether oxygens (including phenoxy) is 2. The normalized spacial score (nSPS) is 10.4. The van der Waals surface area contributed by atoms with Crippen LogP contribution >= 0.6 is 0 Å². The summed E-state index contributed by atoms with van der Waals surface area (Å²) in [4.78, 5) is 0. The van der Waals surface area contributed by atoms with Crippen molar-refractivity contribution >= 4 is 15.0 Å². The van der Waals surface area contributed by atoms with Crippen LogP contribution in [0.5, 0.6) is 11.5 Å². The van der Waals surface area contributed by atoms with Gasteiger partial charge in [0.25, 0.3) is 0 Å². The van der Waals surface area contributed by atoms with Crippen molar-refractivity contribution < 1.29 is 9.47 Å². The molecule has 0 spiro atoms. The van der Waals surface area contributed by atoms with Gasteiger partial charge in [-0.3, -0.25) is 0 Å². The van der Waals surface area contributed by atoms with Crippen LogP contribution in [0.2, 0.25) is 10.6 Å². The maximum atomic E-state index is 5.17. The predicted molar refractivity (Wildman–Crippen MR) is 88.8 cm³/mol. The molecule has 112 valence electrons. The van der Waals surface area contributed by atoms with Crippen LogP contribution in [0.4, 0.5) is 0 Å². The van der Waals surface area contributed by atoms with Crippen molar-refractivity contribution in [3.05, 3.63) is 59.7 Å². The molecule has 0 atom stereocenters. The molecule has 0 aromatic heterocycles. The summed E-state index contributed by atoms with van der Waals surface area (Å²) >= 11 is 0.708. The molecule has 0 aliphatic carbocycles.